The van der Waals surface area contributed by atoms with E-state index in [-0.39, 0.29) is 28.8 Å². The molecule has 0 aliphatic carbocycles. The Balaban J connectivity index is 1.71. The summed E-state index contributed by atoms with van der Waals surface area (Å²) < 4.78 is 31.5. The molecule has 3 aromatic carbocycles. The van der Waals surface area contributed by atoms with Gasteiger partial charge in [-0.15, -0.1) is 0 Å². The maximum absolute atomic E-state index is 14.0. The summed E-state index contributed by atoms with van der Waals surface area (Å²) >= 11 is 0. The molecule has 1 aliphatic heterocycles. The number of carbonyl (C=O) groups excluding carboxylic acids is 1. The van der Waals surface area contributed by atoms with Gasteiger partial charge in [-0.25, -0.2) is 4.39 Å². The fraction of sp³-hybridized carbons (Fsp3) is 0.241. The summed E-state index contributed by atoms with van der Waals surface area (Å²) in [4.78, 5) is 28.9. The Morgan fingerprint density at radius 1 is 0.917 bits per heavy atom. The summed E-state index contributed by atoms with van der Waals surface area (Å²) in [6, 6.07) is 16.2. The number of aryl methyl sites for hydroxylation is 1. The topological polar surface area (TPSA) is 69.0 Å². The predicted octanol–water partition coefficient (Wildman–Crippen LogP) is 5.78. The van der Waals surface area contributed by atoms with E-state index in [0.717, 1.165) is 17.2 Å². The maximum Gasteiger partial charge on any atom is 0.291 e. The molecule has 0 N–H and O–H groups in total. The summed E-state index contributed by atoms with van der Waals surface area (Å²) in [5.74, 6) is 0.121. The molecule has 184 valence electrons. The van der Waals surface area contributed by atoms with Gasteiger partial charge in [0.25, 0.3) is 5.91 Å². The fourth-order valence-corrected chi connectivity index (χ4v) is 4.63. The van der Waals surface area contributed by atoms with Crippen LogP contribution in [0.15, 0.2) is 69.9 Å². The molecule has 36 heavy (non-hydrogen) atoms. The Morgan fingerprint density at radius 3 is 2.36 bits per heavy atom. The van der Waals surface area contributed by atoms with Crippen molar-refractivity contribution in [3.8, 4) is 11.5 Å². The highest BCUT2D eigenvalue weighted by Crippen LogP contribution is 2.41. The molecule has 0 spiro atoms. The van der Waals surface area contributed by atoms with Crippen molar-refractivity contribution in [2.75, 3.05) is 13.2 Å². The van der Waals surface area contributed by atoms with E-state index >= 15 is 0 Å². The molecular formula is C29H26FNO5. The first kappa shape index (κ1) is 23.6. The molecule has 0 saturated carbocycles. The zero-order chi connectivity index (χ0) is 25.4. The van der Waals surface area contributed by atoms with Crippen molar-refractivity contribution < 1.29 is 23.1 Å². The molecule has 0 fully saturated rings. The number of rotatable bonds is 7. The van der Waals surface area contributed by atoms with Crippen molar-refractivity contribution in [3.05, 3.63) is 105 Å². The van der Waals surface area contributed by atoms with Gasteiger partial charge in [-0.1, -0.05) is 35.9 Å². The first-order valence-corrected chi connectivity index (χ1v) is 11.9. The second-order valence-corrected chi connectivity index (χ2v) is 8.71. The van der Waals surface area contributed by atoms with Crippen molar-refractivity contribution in [1.82, 2.24) is 4.90 Å². The van der Waals surface area contributed by atoms with Crippen LogP contribution in [0.1, 0.15) is 52.7 Å². The number of nitrogens with zero attached hydrogens (tertiary/aromatic N) is 1. The Kier molecular flexibility index (Phi) is 6.22. The molecule has 2 heterocycles. The highest BCUT2D eigenvalue weighted by Gasteiger charge is 2.43. The number of hydrogen-bond donors (Lipinski definition) is 0. The normalized spacial score (nSPS) is 14.8. The molecule has 0 bridgehead atoms. The van der Waals surface area contributed by atoms with E-state index in [4.69, 9.17) is 13.9 Å². The summed E-state index contributed by atoms with van der Waals surface area (Å²) in [6.07, 6.45) is 0. The van der Waals surface area contributed by atoms with Crippen molar-refractivity contribution in [1.29, 1.82) is 0 Å². The third-order valence-electron chi connectivity index (χ3n) is 6.28. The summed E-state index contributed by atoms with van der Waals surface area (Å²) in [5, 5.41) is 0.0969. The summed E-state index contributed by atoms with van der Waals surface area (Å²) in [6.45, 7) is 6.89. The number of fused-ring (bicyclic) bond motifs is 2. The third-order valence-corrected chi connectivity index (χ3v) is 6.28. The van der Waals surface area contributed by atoms with Crippen LogP contribution < -0.4 is 14.9 Å². The lowest BCUT2D eigenvalue weighted by Crippen LogP contribution is -2.29. The smallest absolute Gasteiger partial charge is 0.291 e. The third kappa shape index (κ3) is 4.11. The number of carbonyl (C=O) groups is 1. The largest absolute Gasteiger partial charge is 0.490 e. The van der Waals surface area contributed by atoms with Gasteiger partial charge in [0.05, 0.1) is 30.2 Å². The van der Waals surface area contributed by atoms with E-state index in [9.17, 15) is 14.0 Å². The highest BCUT2D eigenvalue weighted by molar-refractivity contribution is 5.99. The summed E-state index contributed by atoms with van der Waals surface area (Å²) in [7, 11) is 0. The number of ether oxygens (including phenoxy) is 2. The van der Waals surface area contributed by atoms with Gasteiger partial charge in [0.1, 0.15) is 11.4 Å². The van der Waals surface area contributed by atoms with Crippen molar-refractivity contribution in [2.24, 2.45) is 0 Å². The average Bonchev–Trinajstić information content (AvgIpc) is 3.14. The van der Waals surface area contributed by atoms with Crippen LogP contribution in [0, 0.1) is 12.7 Å². The average molecular weight is 488 g/mol. The van der Waals surface area contributed by atoms with Gasteiger partial charge >= 0.3 is 0 Å². The van der Waals surface area contributed by atoms with Gasteiger partial charge in [-0.05, 0) is 62.2 Å². The van der Waals surface area contributed by atoms with E-state index < -0.39 is 23.2 Å². The van der Waals surface area contributed by atoms with Crippen LogP contribution in [0.4, 0.5) is 4.39 Å². The van der Waals surface area contributed by atoms with Crippen molar-refractivity contribution >= 4 is 16.9 Å². The van der Waals surface area contributed by atoms with Crippen LogP contribution in [-0.2, 0) is 6.54 Å². The molecular weight excluding hydrogens is 461 g/mol. The number of benzene rings is 3. The van der Waals surface area contributed by atoms with E-state index in [1.165, 1.54) is 12.1 Å². The highest BCUT2D eigenvalue weighted by atomic mass is 19.1. The molecule has 1 aliphatic rings. The SMILES string of the molecule is CCOc1ccc([C@H]2c3c(oc4ccc(F)cc4c3=O)C(=O)N2Cc2ccc(C)cc2)cc1OCC. The van der Waals surface area contributed by atoms with E-state index in [0.29, 0.717) is 30.3 Å². The number of hydrogen-bond acceptors (Lipinski definition) is 5. The van der Waals surface area contributed by atoms with Gasteiger partial charge in [-0.3, -0.25) is 9.59 Å². The second-order valence-electron chi connectivity index (χ2n) is 8.71. The minimum Gasteiger partial charge on any atom is -0.490 e. The number of amides is 1. The zero-order valence-corrected chi connectivity index (χ0v) is 20.3. The quantitative estimate of drug-likeness (QED) is 0.330. The van der Waals surface area contributed by atoms with E-state index in [1.807, 2.05) is 51.1 Å². The van der Waals surface area contributed by atoms with Gasteiger partial charge in [0, 0.05) is 6.54 Å². The van der Waals surface area contributed by atoms with Crippen LogP contribution in [0.5, 0.6) is 11.5 Å². The molecule has 1 amide bonds. The van der Waals surface area contributed by atoms with E-state index in [1.54, 1.807) is 17.0 Å². The molecule has 5 rings (SSSR count). The van der Waals surface area contributed by atoms with Crippen LogP contribution in [0.3, 0.4) is 0 Å². The lowest BCUT2D eigenvalue weighted by Gasteiger charge is -2.26. The van der Waals surface area contributed by atoms with Crippen molar-refractivity contribution in [3.63, 3.8) is 0 Å². The standard InChI is InChI=1S/C29H26FNO5/c1-4-34-23-12-10-19(14-24(23)35-5-2)26-25-27(32)21-15-20(30)11-13-22(21)36-28(25)29(33)31(26)16-18-8-6-17(3)7-9-18/h6-15,26H,4-5,16H2,1-3H3/t26-/m0/s1. The van der Waals surface area contributed by atoms with Gasteiger partial charge in [0.15, 0.2) is 16.9 Å². The zero-order valence-electron chi connectivity index (χ0n) is 20.3. The first-order chi connectivity index (χ1) is 17.4. The lowest BCUT2D eigenvalue weighted by atomic mass is 9.97. The van der Waals surface area contributed by atoms with Crippen LogP contribution in [-0.4, -0.2) is 24.0 Å². The Hall–Kier alpha value is -4.13. The minimum atomic E-state index is -0.743. The molecule has 4 aromatic rings. The monoisotopic (exact) mass is 487 g/mol. The first-order valence-electron chi connectivity index (χ1n) is 11.9. The van der Waals surface area contributed by atoms with Crippen LogP contribution >= 0.6 is 0 Å². The summed E-state index contributed by atoms with van der Waals surface area (Å²) in [5.41, 5.74) is 2.62. The minimum absolute atomic E-state index is 0.0249. The van der Waals surface area contributed by atoms with Gasteiger partial charge < -0.3 is 18.8 Å². The predicted molar refractivity (Wildman–Crippen MR) is 134 cm³/mol. The number of halogens is 1. The van der Waals surface area contributed by atoms with Crippen LogP contribution in [0.2, 0.25) is 0 Å². The maximum atomic E-state index is 14.0. The Bertz CT molecular complexity index is 1510. The molecule has 0 radical (unpaired) electrons. The molecule has 1 aromatic heterocycles. The lowest BCUT2D eigenvalue weighted by molar-refractivity contribution is 0.0714. The molecule has 6 nitrogen and oxygen atoms in total. The molecule has 0 saturated heterocycles. The molecule has 7 heteroatoms. The second kappa shape index (κ2) is 9.49. The molecule has 1 atom stereocenters. The van der Waals surface area contributed by atoms with Gasteiger partial charge in [-0.2, -0.15) is 0 Å². The van der Waals surface area contributed by atoms with Crippen LogP contribution in [0.25, 0.3) is 11.0 Å². The Morgan fingerprint density at radius 2 is 1.64 bits per heavy atom. The fourth-order valence-electron chi connectivity index (χ4n) is 4.63. The van der Waals surface area contributed by atoms with E-state index in [2.05, 4.69) is 0 Å². The Labute approximate surface area is 207 Å². The van der Waals surface area contributed by atoms with Crippen molar-refractivity contribution in [2.45, 2.75) is 33.4 Å². The van der Waals surface area contributed by atoms with Gasteiger partial charge in [0.2, 0.25) is 5.76 Å². The molecule has 0 unspecified atom stereocenters.